The van der Waals surface area contributed by atoms with Gasteiger partial charge in [-0.05, 0) is 18.6 Å². The lowest BCUT2D eigenvalue weighted by Gasteiger charge is -1.96. The molecular weight excluding hydrogens is 136 g/mol. The molecule has 0 aliphatic heterocycles. The number of benzene rings is 1. The Hall–Kier alpha value is -0.690. The van der Waals surface area contributed by atoms with Crippen molar-refractivity contribution >= 4 is 11.6 Å². The van der Waals surface area contributed by atoms with Crippen LogP contribution in [0.25, 0.3) is 0 Å². The maximum absolute atomic E-state index is 8.93. The predicted molar refractivity (Wildman–Crippen MR) is 37.6 cm³/mol. The molecule has 0 fully saturated rings. The van der Waals surface area contributed by atoms with Crippen LogP contribution in [-0.4, -0.2) is 5.11 Å². The van der Waals surface area contributed by atoms with E-state index in [4.69, 9.17) is 16.7 Å². The summed E-state index contributed by atoms with van der Waals surface area (Å²) in [5.74, 6) is 0.0872. The van der Waals surface area contributed by atoms with Crippen LogP contribution < -0.4 is 0 Å². The lowest BCUT2D eigenvalue weighted by atomic mass is 10.2. The number of phenols is 1. The number of aromatic hydroxyl groups is 1. The summed E-state index contributed by atoms with van der Waals surface area (Å²) in [7, 11) is 0. The van der Waals surface area contributed by atoms with Gasteiger partial charge in [0.1, 0.15) is 5.75 Å². The van der Waals surface area contributed by atoms with Crippen molar-refractivity contribution in [2.24, 2.45) is 0 Å². The zero-order valence-electron chi connectivity index (χ0n) is 4.76. The Morgan fingerprint density at radius 2 is 2.11 bits per heavy atom. The van der Waals surface area contributed by atoms with Crippen molar-refractivity contribution in [3.05, 3.63) is 35.7 Å². The van der Waals surface area contributed by atoms with Crippen molar-refractivity contribution in [2.45, 2.75) is 0 Å². The maximum Gasteiger partial charge on any atom is 0.134 e. The van der Waals surface area contributed by atoms with Gasteiger partial charge in [0.2, 0.25) is 0 Å². The fraction of sp³-hybridized carbons (Fsp3) is 0. The Balaban J connectivity index is 3.25. The van der Waals surface area contributed by atoms with Crippen molar-refractivity contribution in [1.29, 1.82) is 0 Å². The summed E-state index contributed by atoms with van der Waals surface area (Å²) in [6.07, 6.45) is 0. The lowest BCUT2D eigenvalue weighted by Crippen LogP contribution is -1.72. The van der Waals surface area contributed by atoms with Crippen LogP contribution in [0.1, 0.15) is 5.56 Å². The topological polar surface area (TPSA) is 20.2 Å². The molecule has 0 atom stereocenters. The number of hydrogen-bond donors (Lipinski definition) is 1. The van der Waals surface area contributed by atoms with E-state index < -0.39 is 0 Å². The molecule has 0 saturated heterocycles. The van der Waals surface area contributed by atoms with E-state index in [1.807, 2.05) is 0 Å². The van der Waals surface area contributed by atoms with Crippen molar-refractivity contribution in [1.82, 2.24) is 0 Å². The molecule has 1 N–H and O–H groups in total. The summed E-state index contributed by atoms with van der Waals surface area (Å²) in [6.45, 7) is 3.59. The van der Waals surface area contributed by atoms with Crippen LogP contribution in [-0.2, 0) is 0 Å². The first-order valence-corrected chi connectivity index (χ1v) is 2.89. The highest BCUT2D eigenvalue weighted by Gasteiger charge is 1.97. The molecule has 1 radical (unpaired) electrons. The van der Waals surface area contributed by atoms with Crippen LogP contribution in [0.4, 0.5) is 0 Å². The second-order valence-electron chi connectivity index (χ2n) is 1.75. The molecule has 0 heterocycles. The van der Waals surface area contributed by atoms with Gasteiger partial charge < -0.3 is 5.11 Å². The highest BCUT2D eigenvalue weighted by Crippen LogP contribution is 2.25. The fourth-order valence-corrected chi connectivity index (χ4v) is 0.692. The first-order chi connectivity index (χ1) is 4.22. The van der Waals surface area contributed by atoms with Gasteiger partial charge in [-0.3, -0.25) is 0 Å². The Morgan fingerprint density at radius 1 is 1.44 bits per heavy atom. The summed E-state index contributed by atoms with van der Waals surface area (Å²) in [6, 6.07) is 4.96. The van der Waals surface area contributed by atoms with Gasteiger partial charge in [0, 0.05) is 0 Å². The highest BCUT2D eigenvalue weighted by atomic mass is 35.5. The number of hydrogen-bond acceptors (Lipinski definition) is 1. The molecule has 47 valence electrons. The van der Waals surface area contributed by atoms with Crippen LogP contribution in [0.15, 0.2) is 18.2 Å². The molecule has 2 heteroatoms. The van der Waals surface area contributed by atoms with Crippen molar-refractivity contribution in [3.63, 3.8) is 0 Å². The van der Waals surface area contributed by atoms with Gasteiger partial charge in [0.25, 0.3) is 0 Å². The minimum absolute atomic E-state index is 0.0872. The Kier molecular flexibility index (Phi) is 1.63. The highest BCUT2D eigenvalue weighted by molar-refractivity contribution is 6.32. The van der Waals surface area contributed by atoms with Gasteiger partial charge in [-0.2, -0.15) is 0 Å². The van der Waals surface area contributed by atoms with E-state index >= 15 is 0 Å². The summed E-state index contributed by atoms with van der Waals surface area (Å²) in [4.78, 5) is 0. The third-order valence-corrected chi connectivity index (χ3v) is 1.49. The first-order valence-electron chi connectivity index (χ1n) is 2.51. The second kappa shape index (κ2) is 2.28. The van der Waals surface area contributed by atoms with Crippen molar-refractivity contribution < 1.29 is 5.11 Å². The zero-order chi connectivity index (χ0) is 6.85. The third-order valence-electron chi connectivity index (χ3n) is 1.06. The van der Waals surface area contributed by atoms with Crippen LogP contribution in [0.2, 0.25) is 5.02 Å². The zero-order valence-corrected chi connectivity index (χ0v) is 5.52. The van der Waals surface area contributed by atoms with Crippen LogP contribution in [0, 0.1) is 6.92 Å². The van der Waals surface area contributed by atoms with Gasteiger partial charge in [-0.25, -0.2) is 0 Å². The smallest absolute Gasteiger partial charge is 0.134 e. The summed E-state index contributed by atoms with van der Waals surface area (Å²) in [5.41, 5.74) is 0.650. The number of phenolic OH excluding ortho intramolecular Hbond substituents is 1. The average molecular weight is 142 g/mol. The standard InChI is InChI=1S/C7H6ClO/c1-5-3-2-4-6(9)7(5)8/h2-4,9H,1H2. The quantitative estimate of drug-likeness (QED) is 0.588. The minimum atomic E-state index is 0.0872. The molecule has 1 aromatic carbocycles. The molecule has 1 rings (SSSR count). The minimum Gasteiger partial charge on any atom is -0.506 e. The summed E-state index contributed by atoms with van der Waals surface area (Å²) >= 11 is 5.57. The maximum atomic E-state index is 8.93. The molecule has 0 spiro atoms. The van der Waals surface area contributed by atoms with E-state index in [1.165, 1.54) is 6.07 Å². The van der Waals surface area contributed by atoms with E-state index in [9.17, 15) is 0 Å². The Labute approximate surface area is 58.9 Å². The molecule has 9 heavy (non-hydrogen) atoms. The molecule has 0 unspecified atom stereocenters. The molecular formula is C7H6ClO. The van der Waals surface area contributed by atoms with E-state index in [2.05, 4.69) is 6.92 Å². The number of rotatable bonds is 0. The average Bonchev–Trinajstić information content (AvgIpc) is 1.83. The molecule has 0 bridgehead atoms. The van der Waals surface area contributed by atoms with E-state index in [1.54, 1.807) is 12.1 Å². The molecule has 1 aromatic rings. The molecule has 0 aliphatic rings. The van der Waals surface area contributed by atoms with Gasteiger partial charge in [-0.15, -0.1) is 0 Å². The third kappa shape index (κ3) is 1.16. The van der Waals surface area contributed by atoms with E-state index in [-0.39, 0.29) is 5.75 Å². The SMILES string of the molecule is [CH2]c1cccc(O)c1Cl. The first kappa shape index (κ1) is 6.43. The van der Waals surface area contributed by atoms with Gasteiger partial charge in [0.05, 0.1) is 5.02 Å². The largest absolute Gasteiger partial charge is 0.506 e. The Morgan fingerprint density at radius 3 is 2.56 bits per heavy atom. The lowest BCUT2D eigenvalue weighted by molar-refractivity contribution is 0.475. The van der Waals surface area contributed by atoms with Crippen molar-refractivity contribution in [3.8, 4) is 5.75 Å². The van der Waals surface area contributed by atoms with Crippen LogP contribution in [0.3, 0.4) is 0 Å². The van der Waals surface area contributed by atoms with Gasteiger partial charge in [0.15, 0.2) is 0 Å². The van der Waals surface area contributed by atoms with Gasteiger partial charge in [-0.1, -0.05) is 23.7 Å². The van der Waals surface area contributed by atoms with E-state index in [0.29, 0.717) is 10.6 Å². The molecule has 0 amide bonds. The second-order valence-corrected chi connectivity index (χ2v) is 2.13. The van der Waals surface area contributed by atoms with Crippen LogP contribution >= 0.6 is 11.6 Å². The van der Waals surface area contributed by atoms with E-state index in [0.717, 1.165) is 0 Å². The number of halogens is 1. The fourth-order valence-electron chi connectivity index (χ4n) is 0.566. The molecule has 1 nitrogen and oxygen atoms in total. The summed E-state index contributed by atoms with van der Waals surface area (Å²) < 4.78 is 0. The molecule has 0 aromatic heterocycles. The predicted octanol–water partition coefficient (Wildman–Crippen LogP) is 2.23. The molecule has 0 saturated carbocycles. The molecule has 0 aliphatic carbocycles. The van der Waals surface area contributed by atoms with Crippen molar-refractivity contribution in [2.75, 3.05) is 0 Å². The van der Waals surface area contributed by atoms with Crippen LogP contribution in [0.5, 0.6) is 5.75 Å². The van der Waals surface area contributed by atoms with Gasteiger partial charge >= 0.3 is 0 Å². The Bertz CT molecular complexity index is 200. The summed E-state index contributed by atoms with van der Waals surface area (Å²) in [5, 5.41) is 9.26. The monoisotopic (exact) mass is 141 g/mol. The normalized spacial score (nSPS) is 9.56.